The lowest BCUT2D eigenvalue weighted by atomic mass is 10.2. The number of carbonyl (C=O) groups excluding carboxylic acids is 1. The number of hydrogen-bond donors (Lipinski definition) is 2. The van der Waals surface area contributed by atoms with Crippen LogP contribution in [0.15, 0.2) is 15.9 Å². The highest BCUT2D eigenvalue weighted by molar-refractivity contribution is 9.10. The monoisotopic (exact) mass is 303 g/mol. The van der Waals surface area contributed by atoms with E-state index in [9.17, 15) is 4.79 Å². The second-order valence-electron chi connectivity index (χ2n) is 4.05. The molecule has 0 bridgehead atoms. The first-order chi connectivity index (χ1) is 7.56. The minimum atomic E-state index is -0.0215. The standard InChI is InChI=1S/C10H14BrN3OS/c1-6(12)3-14-4-8(13-10(14)15)9-2-7(11)5-16-9/h2,5-6,8H,3-4,12H2,1H3,(H,13,15). The lowest BCUT2D eigenvalue weighted by Crippen LogP contribution is -2.37. The smallest absolute Gasteiger partial charge is 0.318 e. The number of nitrogens with zero attached hydrogens (tertiary/aromatic N) is 1. The molecule has 88 valence electrons. The zero-order chi connectivity index (χ0) is 11.7. The van der Waals surface area contributed by atoms with Crippen LogP contribution in [-0.4, -0.2) is 30.1 Å². The first-order valence-electron chi connectivity index (χ1n) is 5.11. The van der Waals surface area contributed by atoms with Gasteiger partial charge in [-0.3, -0.25) is 0 Å². The molecule has 1 fully saturated rings. The van der Waals surface area contributed by atoms with E-state index in [1.165, 1.54) is 4.88 Å². The number of hydrogen-bond acceptors (Lipinski definition) is 3. The Bertz CT molecular complexity index is 393. The Balaban J connectivity index is 2.03. The molecule has 2 heterocycles. The number of nitrogens with two attached hydrogens (primary N) is 1. The largest absolute Gasteiger partial charge is 0.329 e. The van der Waals surface area contributed by atoms with E-state index in [2.05, 4.69) is 21.2 Å². The van der Waals surface area contributed by atoms with Crippen molar-refractivity contribution in [2.24, 2.45) is 5.73 Å². The Hall–Kier alpha value is -0.590. The number of carbonyl (C=O) groups is 1. The lowest BCUT2D eigenvalue weighted by Gasteiger charge is -2.16. The van der Waals surface area contributed by atoms with Crippen molar-refractivity contribution in [2.75, 3.05) is 13.1 Å². The van der Waals surface area contributed by atoms with Crippen LogP contribution in [0.25, 0.3) is 0 Å². The molecule has 16 heavy (non-hydrogen) atoms. The predicted molar refractivity (Wildman–Crippen MR) is 68.5 cm³/mol. The van der Waals surface area contributed by atoms with Crippen molar-refractivity contribution in [3.05, 3.63) is 20.8 Å². The third kappa shape index (κ3) is 2.56. The van der Waals surface area contributed by atoms with Crippen molar-refractivity contribution in [2.45, 2.75) is 19.0 Å². The fraction of sp³-hybridized carbons (Fsp3) is 0.500. The maximum absolute atomic E-state index is 11.7. The first-order valence-corrected chi connectivity index (χ1v) is 6.78. The van der Waals surface area contributed by atoms with E-state index in [1.807, 2.05) is 18.4 Å². The van der Waals surface area contributed by atoms with E-state index in [0.717, 1.165) is 4.47 Å². The summed E-state index contributed by atoms with van der Waals surface area (Å²) in [5, 5.41) is 4.98. The van der Waals surface area contributed by atoms with E-state index in [4.69, 9.17) is 5.73 Å². The van der Waals surface area contributed by atoms with Crippen LogP contribution in [0.3, 0.4) is 0 Å². The number of amides is 2. The van der Waals surface area contributed by atoms with E-state index < -0.39 is 0 Å². The second-order valence-corrected chi connectivity index (χ2v) is 5.91. The average Bonchev–Trinajstić information content (AvgIpc) is 2.74. The summed E-state index contributed by atoms with van der Waals surface area (Å²) in [5.74, 6) is 0. The number of halogens is 1. The molecule has 1 aromatic rings. The third-order valence-electron chi connectivity index (χ3n) is 2.43. The van der Waals surface area contributed by atoms with Gasteiger partial charge in [-0.2, -0.15) is 0 Å². The lowest BCUT2D eigenvalue weighted by molar-refractivity contribution is 0.215. The minimum Gasteiger partial charge on any atom is -0.329 e. The molecule has 2 rings (SSSR count). The summed E-state index contributed by atoms with van der Waals surface area (Å²) in [6, 6.07) is 2.14. The molecule has 3 N–H and O–H groups in total. The zero-order valence-corrected chi connectivity index (χ0v) is 11.3. The van der Waals surface area contributed by atoms with Gasteiger partial charge in [0.15, 0.2) is 0 Å². The van der Waals surface area contributed by atoms with E-state index in [1.54, 1.807) is 16.2 Å². The topological polar surface area (TPSA) is 58.4 Å². The number of thiophene rings is 1. The molecule has 1 aromatic heterocycles. The van der Waals surface area contributed by atoms with Gasteiger partial charge in [0.25, 0.3) is 0 Å². The van der Waals surface area contributed by atoms with Gasteiger partial charge in [0.1, 0.15) is 0 Å². The van der Waals surface area contributed by atoms with Crippen molar-refractivity contribution < 1.29 is 4.79 Å². The van der Waals surface area contributed by atoms with Crippen molar-refractivity contribution >= 4 is 33.3 Å². The number of urea groups is 1. The van der Waals surface area contributed by atoms with Crippen LogP contribution < -0.4 is 11.1 Å². The molecule has 2 amide bonds. The molecule has 1 aliphatic rings. The molecule has 0 radical (unpaired) electrons. The third-order valence-corrected chi connectivity index (χ3v) is 4.23. The summed E-state index contributed by atoms with van der Waals surface area (Å²) in [7, 11) is 0. The van der Waals surface area contributed by atoms with Crippen molar-refractivity contribution in [3.63, 3.8) is 0 Å². The molecule has 4 nitrogen and oxygen atoms in total. The Labute approximate surface area is 107 Å². The molecular weight excluding hydrogens is 290 g/mol. The Kier molecular flexibility index (Phi) is 3.51. The first kappa shape index (κ1) is 11.9. The van der Waals surface area contributed by atoms with Crippen molar-refractivity contribution in [3.8, 4) is 0 Å². The van der Waals surface area contributed by atoms with Crippen LogP contribution in [0.5, 0.6) is 0 Å². The van der Waals surface area contributed by atoms with Gasteiger partial charge < -0.3 is 16.0 Å². The summed E-state index contributed by atoms with van der Waals surface area (Å²) in [6.45, 7) is 3.21. The highest BCUT2D eigenvalue weighted by Crippen LogP contribution is 2.28. The average molecular weight is 304 g/mol. The normalized spacial score (nSPS) is 22.3. The van der Waals surface area contributed by atoms with Gasteiger partial charge in [0.2, 0.25) is 0 Å². The Morgan fingerprint density at radius 2 is 2.56 bits per heavy atom. The number of nitrogens with one attached hydrogen (secondary N) is 1. The van der Waals surface area contributed by atoms with Gasteiger partial charge in [-0.15, -0.1) is 11.3 Å². The highest BCUT2D eigenvalue weighted by Gasteiger charge is 2.30. The van der Waals surface area contributed by atoms with Gasteiger partial charge in [-0.1, -0.05) is 0 Å². The van der Waals surface area contributed by atoms with Crippen LogP contribution in [0.4, 0.5) is 4.79 Å². The summed E-state index contributed by atoms with van der Waals surface area (Å²) >= 11 is 5.06. The van der Waals surface area contributed by atoms with Gasteiger partial charge in [0, 0.05) is 33.9 Å². The zero-order valence-electron chi connectivity index (χ0n) is 8.94. The van der Waals surface area contributed by atoms with Crippen molar-refractivity contribution in [1.82, 2.24) is 10.2 Å². The van der Waals surface area contributed by atoms with Crippen LogP contribution in [0, 0.1) is 0 Å². The Morgan fingerprint density at radius 1 is 1.81 bits per heavy atom. The SMILES string of the molecule is CC(N)CN1CC(c2cc(Br)cs2)NC1=O. The molecule has 1 aliphatic heterocycles. The van der Waals surface area contributed by atoms with Gasteiger partial charge in [-0.05, 0) is 28.9 Å². The molecular formula is C10H14BrN3OS. The maximum atomic E-state index is 11.7. The molecule has 1 saturated heterocycles. The summed E-state index contributed by atoms with van der Waals surface area (Å²) in [6.07, 6.45) is 0. The van der Waals surface area contributed by atoms with Crippen LogP contribution in [0.2, 0.25) is 0 Å². The fourth-order valence-electron chi connectivity index (χ4n) is 1.77. The summed E-state index contributed by atoms with van der Waals surface area (Å²) < 4.78 is 1.06. The molecule has 0 aromatic carbocycles. The van der Waals surface area contributed by atoms with E-state index in [-0.39, 0.29) is 18.1 Å². The molecule has 2 unspecified atom stereocenters. The quantitative estimate of drug-likeness (QED) is 0.896. The molecule has 0 spiro atoms. The molecule has 6 heteroatoms. The van der Waals surface area contributed by atoms with Gasteiger partial charge >= 0.3 is 6.03 Å². The van der Waals surface area contributed by atoms with Gasteiger partial charge in [-0.25, -0.2) is 4.79 Å². The highest BCUT2D eigenvalue weighted by atomic mass is 79.9. The second kappa shape index (κ2) is 4.73. The van der Waals surface area contributed by atoms with Crippen molar-refractivity contribution in [1.29, 1.82) is 0 Å². The Morgan fingerprint density at radius 3 is 3.12 bits per heavy atom. The molecule has 0 saturated carbocycles. The fourth-order valence-corrected chi connectivity index (χ4v) is 3.25. The van der Waals surface area contributed by atoms with E-state index >= 15 is 0 Å². The predicted octanol–water partition coefficient (Wildman–Crippen LogP) is 1.92. The van der Waals surface area contributed by atoms with Gasteiger partial charge in [0.05, 0.1) is 6.04 Å². The molecule has 2 atom stereocenters. The minimum absolute atomic E-state index is 0.0135. The van der Waals surface area contributed by atoms with Crippen LogP contribution >= 0.6 is 27.3 Å². The van der Waals surface area contributed by atoms with Crippen LogP contribution in [0.1, 0.15) is 17.8 Å². The maximum Gasteiger partial charge on any atom is 0.318 e. The van der Waals surface area contributed by atoms with E-state index in [0.29, 0.717) is 13.1 Å². The molecule has 0 aliphatic carbocycles. The summed E-state index contributed by atoms with van der Waals surface area (Å²) in [5.41, 5.74) is 5.70. The number of rotatable bonds is 3. The summed E-state index contributed by atoms with van der Waals surface area (Å²) in [4.78, 5) is 14.6. The van der Waals surface area contributed by atoms with Crippen LogP contribution in [-0.2, 0) is 0 Å².